The Morgan fingerprint density at radius 3 is 2.78 bits per heavy atom. The smallest absolute Gasteiger partial charge is 0.211 e. The number of fused-ring (bicyclic) bond motifs is 1. The fourth-order valence-electron chi connectivity index (χ4n) is 3.22. The molecule has 0 amide bonds. The second kappa shape index (κ2) is 6.09. The Morgan fingerprint density at radius 1 is 1.30 bits per heavy atom. The van der Waals surface area contributed by atoms with E-state index in [1.165, 1.54) is 16.1 Å². The summed E-state index contributed by atoms with van der Waals surface area (Å²) < 4.78 is 25.1. The number of likely N-dealkylation sites (N-methyl/N-ethyl adjacent to an activating group) is 1. The number of hydrogen-bond acceptors (Lipinski definition) is 4. The van der Waals surface area contributed by atoms with Crippen LogP contribution >= 0.6 is 0 Å². The van der Waals surface area contributed by atoms with Crippen LogP contribution in [-0.2, 0) is 10.0 Å². The van der Waals surface area contributed by atoms with Crippen molar-refractivity contribution in [2.45, 2.75) is 25.8 Å². The fraction of sp³-hybridized carbons (Fsp3) is 0.471. The minimum atomic E-state index is -3.16. The predicted octanol–water partition coefficient (Wildman–Crippen LogP) is 2.40. The summed E-state index contributed by atoms with van der Waals surface area (Å²) in [5, 5.41) is 1.16. The van der Waals surface area contributed by atoms with E-state index in [1.54, 1.807) is 7.05 Å². The number of sulfonamides is 1. The molecule has 0 aliphatic carbocycles. The fourth-order valence-corrected chi connectivity index (χ4v) is 3.94. The SMILES string of the molecule is Cc1cc(N2CCCC(N(C)S(C)(=O)=O)C2)nc2ccccc12. The van der Waals surface area contributed by atoms with Gasteiger partial charge in [-0.25, -0.2) is 17.7 Å². The van der Waals surface area contributed by atoms with Crippen LogP contribution in [0.4, 0.5) is 5.82 Å². The van der Waals surface area contributed by atoms with E-state index in [4.69, 9.17) is 4.98 Å². The van der Waals surface area contributed by atoms with Crippen LogP contribution in [0.25, 0.3) is 10.9 Å². The molecule has 0 N–H and O–H groups in total. The summed E-state index contributed by atoms with van der Waals surface area (Å²) in [5.41, 5.74) is 2.19. The van der Waals surface area contributed by atoms with E-state index in [1.807, 2.05) is 18.2 Å². The zero-order chi connectivity index (χ0) is 16.6. The molecule has 2 heterocycles. The van der Waals surface area contributed by atoms with Crippen molar-refractivity contribution in [1.82, 2.24) is 9.29 Å². The molecule has 0 saturated carbocycles. The number of aromatic nitrogens is 1. The van der Waals surface area contributed by atoms with E-state index in [9.17, 15) is 8.42 Å². The molecule has 5 nitrogen and oxygen atoms in total. The number of piperidine rings is 1. The minimum Gasteiger partial charge on any atom is -0.355 e. The predicted molar refractivity (Wildman–Crippen MR) is 94.3 cm³/mol. The average molecular weight is 333 g/mol. The van der Waals surface area contributed by atoms with Crippen LogP contribution in [0.2, 0.25) is 0 Å². The van der Waals surface area contributed by atoms with Crippen molar-refractivity contribution in [2.24, 2.45) is 0 Å². The summed E-state index contributed by atoms with van der Waals surface area (Å²) in [6.45, 7) is 3.70. The van der Waals surface area contributed by atoms with E-state index in [0.717, 1.165) is 36.1 Å². The lowest BCUT2D eigenvalue weighted by molar-refractivity contribution is 0.321. The maximum atomic E-state index is 11.8. The van der Waals surface area contributed by atoms with Gasteiger partial charge in [-0.05, 0) is 37.5 Å². The molecule has 0 radical (unpaired) electrons. The average Bonchev–Trinajstić information content (AvgIpc) is 2.53. The van der Waals surface area contributed by atoms with Crippen molar-refractivity contribution in [3.63, 3.8) is 0 Å². The zero-order valence-corrected chi connectivity index (χ0v) is 14.7. The molecular formula is C17H23N3O2S. The highest BCUT2D eigenvalue weighted by atomic mass is 32.2. The summed E-state index contributed by atoms with van der Waals surface area (Å²) in [4.78, 5) is 6.98. The second-order valence-corrected chi connectivity index (χ2v) is 8.38. The number of anilines is 1. The summed E-state index contributed by atoms with van der Waals surface area (Å²) in [7, 11) is -1.50. The third-order valence-electron chi connectivity index (χ3n) is 4.67. The van der Waals surface area contributed by atoms with Crippen molar-refractivity contribution in [2.75, 3.05) is 31.3 Å². The minimum absolute atomic E-state index is 0.00678. The first kappa shape index (κ1) is 16.2. The van der Waals surface area contributed by atoms with Crippen LogP contribution in [0.3, 0.4) is 0 Å². The third kappa shape index (κ3) is 3.33. The van der Waals surface area contributed by atoms with Gasteiger partial charge in [0.1, 0.15) is 5.82 Å². The summed E-state index contributed by atoms with van der Waals surface area (Å²) in [6.07, 6.45) is 3.13. The quantitative estimate of drug-likeness (QED) is 0.865. The van der Waals surface area contributed by atoms with E-state index in [-0.39, 0.29) is 6.04 Å². The molecule has 1 atom stereocenters. The van der Waals surface area contributed by atoms with Gasteiger partial charge in [-0.1, -0.05) is 18.2 Å². The first-order valence-corrected chi connectivity index (χ1v) is 9.75. The number of pyridine rings is 1. The molecule has 1 fully saturated rings. The highest BCUT2D eigenvalue weighted by molar-refractivity contribution is 7.88. The Kier molecular flexibility index (Phi) is 4.29. The Morgan fingerprint density at radius 2 is 2.04 bits per heavy atom. The molecule has 3 rings (SSSR count). The van der Waals surface area contributed by atoms with Gasteiger partial charge in [0.25, 0.3) is 0 Å². The molecule has 1 aromatic heterocycles. The van der Waals surface area contributed by atoms with Crippen molar-refractivity contribution < 1.29 is 8.42 Å². The molecule has 6 heteroatoms. The van der Waals surface area contributed by atoms with Crippen LogP contribution < -0.4 is 4.90 Å². The zero-order valence-electron chi connectivity index (χ0n) is 13.9. The van der Waals surface area contributed by atoms with Gasteiger partial charge in [-0.2, -0.15) is 0 Å². The van der Waals surface area contributed by atoms with Crippen molar-refractivity contribution in [3.05, 3.63) is 35.9 Å². The van der Waals surface area contributed by atoms with Crippen molar-refractivity contribution >= 4 is 26.7 Å². The van der Waals surface area contributed by atoms with Crippen LogP contribution in [0.1, 0.15) is 18.4 Å². The van der Waals surface area contributed by atoms with Crippen molar-refractivity contribution in [1.29, 1.82) is 0 Å². The van der Waals surface area contributed by atoms with Gasteiger partial charge in [0.2, 0.25) is 10.0 Å². The molecule has 1 unspecified atom stereocenters. The third-order valence-corrected chi connectivity index (χ3v) is 6.01. The Labute approximate surface area is 138 Å². The van der Waals surface area contributed by atoms with E-state index >= 15 is 0 Å². The molecule has 23 heavy (non-hydrogen) atoms. The lowest BCUT2D eigenvalue weighted by Gasteiger charge is -2.37. The Hall–Kier alpha value is -1.66. The van der Waals surface area contributed by atoms with Gasteiger partial charge in [0, 0.05) is 31.6 Å². The molecule has 1 aliphatic heterocycles. The number of rotatable bonds is 3. The van der Waals surface area contributed by atoms with Crippen LogP contribution in [0, 0.1) is 6.92 Å². The maximum Gasteiger partial charge on any atom is 0.211 e. The largest absolute Gasteiger partial charge is 0.355 e. The van der Waals surface area contributed by atoms with E-state index < -0.39 is 10.0 Å². The summed E-state index contributed by atoms with van der Waals surface area (Å²) in [5.74, 6) is 0.938. The van der Waals surface area contributed by atoms with Gasteiger partial charge in [-0.3, -0.25) is 0 Å². The topological polar surface area (TPSA) is 53.5 Å². The van der Waals surface area contributed by atoms with Crippen LogP contribution in [-0.4, -0.2) is 50.1 Å². The molecule has 0 bridgehead atoms. The molecule has 2 aromatic rings. The molecular weight excluding hydrogens is 310 g/mol. The van der Waals surface area contributed by atoms with E-state index in [0.29, 0.717) is 6.54 Å². The maximum absolute atomic E-state index is 11.8. The lowest BCUT2D eigenvalue weighted by atomic mass is 10.1. The van der Waals surface area contributed by atoms with Crippen LogP contribution in [0.5, 0.6) is 0 Å². The number of benzene rings is 1. The normalized spacial score (nSPS) is 19.5. The second-order valence-electron chi connectivity index (χ2n) is 6.34. The molecule has 1 saturated heterocycles. The molecule has 0 spiro atoms. The standard InChI is InChI=1S/C17H23N3O2S/c1-13-11-17(18-16-9-5-4-8-15(13)16)20-10-6-7-14(12-20)19(2)23(3,21)22/h4-5,8-9,11,14H,6-7,10,12H2,1-3H3. The van der Waals surface area contributed by atoms with Gasteiger partial charge >= 0.3 is 0 Å². The highest BCUT2D eigenvalue weighted by Crippen LogP contribution is 2.26. The number of hydrogen-bond donors (Lipinski definition) is 0. The van der Waals surface area contributed by atoms with Gasteiger partial charge in [-0.15, -0.1) is 0 Å². The van der Waals surface area contributed by atoms with Gasteiger partial charge < -0.3 is 4.90 Å². The monoisotopic (exact) mass is 333 g/mol. The number of para-hydroxylation sites is 1. The van der Waals surface area contributed by atoms with Crippen LogP contribution in [0.15, 0.2) is 30.3 Å². The van der Waals surface area contributed by atoms with E-state index in [2.05, 4.69) is 24.0 Å². The number of aryl methyl sites for hydroxylation is 1. The Bertz CT molecular complexity index is 820. The van der Waals surface area contributed by atoms with Gasteiger partial charge in [0.15, 0.2) is 0 Å². The van der Waals surface area contributed by atoms with Gasteiger partial charge in [0.05, 0.1) is 11.8 Å². The number of nitrogens with zero attached hydrogens (tertiary/aromatic N) is 3. The molecule has 1 aliphatic rings. The van der Waals surface area contributed by atoms with Crippen molar-refractivity contribution in [3.8, 4) is 0 Å². The summed E-state index contributed by atoms with van der Waals surface area (Å²) in [6, 6.07) is 10.2. The lowest BCUT2D eigenvalue weighted by Crippen LogP contribution is -2.48. The molecule has 124 valence electrons. The first-order chi connectivity index (χ1) is 10.9. The summed E-state index contributed by atoms with van der Waals surface area (Å²) >= 11 is 0. The first-order valence-electron chi connectivity index (χ1n) is 7.90. The molecule has 1 aromatic carbocycles. The Balaban J connectivity index is 1.90. The highest BCUT2D eigenvalue weighted by Gasteiger charge is 2.28.